The first-order valence-electron chi connectivity index (χ1n) is 8.30. The second kappa shape index (κ2) is 7.47. The van der Waals surface area contributed by atoms with E-state index in [0.717, 1.165) is 25.8 Å². The first-order chi connectivity index (χ1) is 11.2. The van der Waals surface area contributed by atoms with Crippen LogP contribution in [-0.4, -0.2) is 43.3 Å². The quantitative estimate of drug-likeness (QED) is 0.527. The van der Waals surface area contributed by atoms with Gasteiger partial charge in [0.2, 0.25) is 0 Å². The van der Waals surface area contributed by atoms with E-state index in [1.807, 2.05) is 0 Å². The fourth-order valence-corrected chi connectivity index (χ4v) is 4.77. The molecular weight excluding hydrogens is 407 g/mol. The fraction of sp³-hybridized carbons (Fsp3) is 0.611. The Bertz CT molecular complexity index is 550. The van der Waals surface area contributed by atoms with Crippen LogP contribution in [0.3, 0.4) is 0 Å². The lowest BCUT2D eigenvalue weighted by molar-refractivity contribution is -0.150. The van der Waals surface area contributed by atoms with Gasteiger partial charge in [-0.2, -0.15) is 0 Å². The van der Waals surface area contributed by atoms with Crippen molar-refractivity contribution >= 4 is 28.6 Å². The number of carbonyl (C=O) groups excluding carboxylic acids is 1. The zero-order valence-corrected chi connectivity index (χ0v) is 15.5. The number of rotatable bonds is 5. The molecule has 2 bridgehead atoms. The zero-order chi connectivity index (χ0) is 16.4. The summed E-state index contributed by atoms with van der Waals surface area (Å²) in [4.78, 5) is 14.9. The van der Waals surface area contributed by atoms with Crippen molar-refractivity contribution in [2.45, 2.75) is 43.7 Å². The third-order valence-corrected chi connectivity index (χ3v) is 6.11. The number of piperidine rings is 1. The Labute approximate surface area is 150 Å². The molecule has 0 amide bonds. The van der Waals surface area contributed by atoms with Crippen molar-refractivity contribution in [1.82, 2.24) is 4.90 Å². The molecule has 3 nitrogen and oxygen atoms in total. The molecule has 126 valence electrons. The van der Waals surface area contributed by atoms with E-state index in [0.29, 0.717) is 12.5 Å². The topological polar surface area (TPSA) is 29.5 Å². The molecule has 1 aromatic rings. The van der Waals surface area contributed by atoms with Crippen LogP contribution in [0.5, 0.6) is 0 Å². The predicted octanol–water partition coefficient (Wildman–Crippen LogP) is 3.76. The SMILES string of the molecule is COC(=O)[C@@H]1C2CCC(C[C@@H]1c1ccc(I)cc1)N2CCC[18F]. The Hall–Kier alpha value is -0.690. The number of halogens is 2. The van der Waals surface area contributed by atoms with Gasteiger partial charge in [0.05, 0.1) is 19.7 Å². The summed E-state index contributed by atoms with van der Waals surface area (Å²) < 4.78 is 18.9. The molecule has 0 saturated carbocycles. The van der Waals surface area contributed by atoms with Crippen LogP contribution in [0.25, 0.3) is 0 Å². The Balaban J connectivity index is 1.88. The minimum Gasteiger partial charge on any atom is -0.469 e. The second-order valence-corrected chi connectivity index (χ2v) is 7.77. The Morgan fingerprint density at radius 2 is 2.09 bits per heavy atom. The van der Waals surface area contributed by atoms with Crippen molar-refractivity contribution in [1.29, 1.82) is 0 Å². The molecule has 0 spiro atoms. The standard InChI is InChI=1S/C18H23FINO2/c1-23-18(22)17-15(12-3-5-13(20)6-4-12)11-14-7-8-16(17)21(14)10-2-9-19/h3-6,14-17H,2,7-11H2,1H3/t14?,15-,16?,17+/m1/s1/i19-1. The van der Waals surface area contributed by atoms with E-state index >= 15 is 0 Å². The largest absolute Gasteiger partial charge is 0.469 e. The van der Waals surface area contributed by atoms with Gasteiger partial charge in [0.1, 0.15) is 0 Å². The first kappa shape index (κ1) is 17.1. The van der Waals surface area contributed by atoms with Crippen LogP contribution in [0.4, 0.5) is 4.39 Å². The van der Waals surface area contributed by atoms with Crippen molar-refractivity contribution in [3.05, 3.63) is 33.4 Å². The number of nitrogens with zero attached hydrogens (tertiary/aromatic N) is 1. The van der Waals surface area contributed by atoms with Gasteiger partial charge in [0.15, 0.2) is 0 Å². The summed E-state index contributed by atoms with van der Waals surface area (Å²) in [5.41, 5.74) is 1.22. The summed E-state index contributed by atoms with van der Waals surface area (Å²) in [6.45, 7) is 0.456. The Morgan fingerprint density at radius 3 is 2.74 bits per heavy atom. The summed E-state index contributed by atoms with van der Waals surface area (Å²) >= 11 is 2.30. The third kappa shape index (κ3) is 3.40. The Kier molecular flexibility index (Phi) is 5.57. The lowest BCUT2D eigenvalue weighted by Crippen LogP contribution is -2.51. The predicted molar refractivity (Wildman–Crippen MR) is 96.1 cm³/mol. The zero-order valence-electron chi connectivity index (χ0n) is 13.4. The molecule has 0 radical (unpaired) electrons. The minimum absolute atomic E-state index is 0.121. The van der Waals surface area contributed by atoms with E-state index in [4.69, 9.17) is 4.74 Å². The maximum Gasteiger partial charge on any atom is 0.310 e. The third-order valence-electron chi connectivity index (χ3n) is 5.39. The van der Waals surface area contributed by atoms with Crippen molar-refractivity contribution in [3.63, 3.8) is 0 Å². The molecule has 3 rings (SSSR count). The van der Waals surface area contributed by atoms with Crippen molar-refractivity contribution in [2.24, 2.45) is 5.92 Å². The van der Waals surface area contributed by atoms with Gasteiger partial charge in [-0.05, 0) is 66.0 Å². The number of esters is 1. The summed E-state index contributed by atoms with van der Waals surface area (Å²) in [5, 5.41) is 0. The molecule has 0 aromatic heterocycles. The van der Waals surface area contributed by atoms with Gasteiger partial charge in [-0.1, -0.05) is 12.1 Å². The molecular formula is C18H23FINO2. The molecule has 2 heterocycles. The molecule has 0 aliphatic carbocycles. The number of carbonyl (C=O) groups is 1. The van der Waals surface area contributed by atoms with Gasteiger partial charge < -0.3 is 4.74 Å². The smallest absolute Gasteiger partial charge is 0.310 e. The average Bonchev–Trinajstić information content (AvgIpc) is 2.84. The molecule has 0 N–H and O–H groups in total. The maximum atomic E-state index is 12.6. The fourth-order valence-electron chi connectivity index (χ4n) is 4.41. The molecule has 5 heteroatoms. The van der Waals surface area contributed by atoms with Crippen molar-refractivity contribution < 1.29 is 13.9 Å². The number of hydrogen-bond donors (Lipinski definition) is 0. The molecule has 2 unspecified atom stereocenters. The molecule has 23 heavy (non-hydrogen) atoms. The first-order valence-corrected chi connectivity index (χ1v) is 9.38. The van der Waals surface area contributed by atoms with Gasteiger partial charge in [0, 0.05) is 28.1 Å². The molecule has 2 fully saturated rings. The van der Waals surface area contributed by atoms with Crippen LogP contribution in [0, 0.1) is 9.49 Å². The van der Waals surface area contributed by atoms with Crippen LogP contribution in [0.2, 0.25) is 0 Å². The Morgan fingerprint density at radius 1 is 1.35 bits per heavy atom. The van der Waals surface area contributed by atoms with Crippen molar-refractivity contribution in [3.8, 4) is 0 Å². The number of hydrogen-bond acceptors (Lipinski definition) is 3. The van der Waals surface area contributed by atoms with Gasteiger partial charge in [-0.3, -0.25) is 14.1 Å². The molecule has 1 aromatic carbocycles. The number of ether oxygens (including phenoxy) is 1. The maximum absolute atomic E-state index is 12.6. The summed E-state index contributed by atoms with van der Waals surface area (Å²) in [5.74, 6) is -0.0545. The van der Waals surface area contributed by atoms with E-state index in [9.17, 15) is 9.18 Å². The highest BCUT2D eigenvalue weighted by Crippen LogP contribution is 2.47. The second-order valence-electron chi connectivity index (χ2n) is 6.52. The van der Waals surface area contributed by atoms with Gasteiger partial charge in [-0.25, -0.2) is 0 Å². The monoisotopic (exact) mass is 430 g/mol. The molecule has 2 aliphatic heterocycles. The van der Waals surface area contributed by atoms with Crippen LogP contribution < -0.4 is 0 Å². The number of benzene rings is 1. The lowest BCUT2D eigenvalue weighted by atomic mass is 9.76. The van der Waals surface area contributed by atoms with E-state index in [-0.39, 0.29) is 30.5 Å². The normalized spacial score (nSPS) is 30.4. The van der Waals surface area contributed by atoms with E-state index < -0.39 is 0 Å². The van der Waals surface area contributed by atoms with Gasteiger partial charge in [-0.15, -0.1) is 0 Å². The van der Waals surface area contributed by atoms with E-state index in [1.165, 1.54) is 16.2 Å². The molecule has 2 saturated heterocycles. The van der Waals surface area contributed by atoms with Gasteiger partial charge in [0.25, 0.3) is 0 Å². The van der Waals surface area contributed by atoms with Crippen LogP contribution in [-0.2, 0) is 9.53 Å². The van der Waals surface area contributed by atoms with Crippen molar-refractivity contribution in [2.75, 3.05) is 20.3 Å². The lowest BCUT2D eigenvalue weighted by Gasteiger charge is -2.43. The summed E-state index contributed by atoms with van der Waals surface area (Å²) in [6, 6.07) is 9.13. The van der Waals surface area contributed by atoms with E-state index in [2.05, 4.69) is 51.8 Å². The van der Waals surface area contributed by atoms with Crippen LogP contribution in [0.15, 0.2) is 24.3 Å². The van der Waals surface area contributed by atoms with Crippen LogP contribution in [0.1, 0.15) is 37.2 Å². The molecule has 2 aliphatic rings. The molecule has 4 atom stereocenters. The minimum atomic E-state index is -0.292. The number of methoxy groups -OCH3 is 1. The number of alkyl halides is 1. The highest BCUT2D eigenvalue weighted by molar-refractivity contribution is 14.1. The van der Waals surface area contributed by atoms with E-state index in [1.54, 1.807) is 0 Å². The van der Waals surface area contributed by atoms with Crippen LogP contribution >= 0.6 is 22.6 Å². The average molecular weight is 430 g/mol. The van der Waals surface area contributed by atoms with Gasteiger partial charge >= 0.3 is 5.97 Å². The highest BCUT2D eigenvalue weighted by Gasteiger charge is 2.50. The number of fused-ring (bicyclic) bond motifs is 2. The summed E-state index contributed by atoms with van der Waals surface area (Å²) in [6.07, 6.45) is 3.63. The highest BCUT2D eigenvalue weighted by atomic mass is 127. The summed E-state index contributed by atoms with van der Waals surface area (Å²) in [7, 11) is 1.47.